The third kappa shape index (κ3) is 3.68. The molecule has 1 aliphatic heterocycles. The number of fused-ring (bicyclic) bond motifs is 1. The standard InChI is InChI=1S/C22H21N5O3/c1-13-7-21(25-9-15(13)8-23)27-6-5-16(26-27)10-24-11-20(28)17-3-4-18-19(14(17)2)12-30-22(18)29/h3-7,9,20,24,28H,10-12H2,1-2H3/t20-/m0/s1. The van der Waals surface area contributed by atoms with E-state index in [-0.39, 0.29) is 12.6 Å². The minimum atomic E-state index is -0.712. The lowest BCUT2D eigenvalue weighted by atomic mass is 9.95. The Morgan fingerprint density at radius 2 is 2.20 bits per heavy atom. The van der Waals surface area contributed by atoms with Crippen LogP contribution in [0.4, 0.5) is 0 Å². The maximum atomic E-state index is 11.7. The molecule has 0 unspecified atom stereocenters. The number of aliphatic hydroxyl groups excluding tert-OH is 1. The van der Waals surface area contributed by atoms with Crippen LogP contribution in [0.2, 0.25) is 0 Å². The van der Waals surface area contributed by atoms with Crippen LogP contribution in [0.25, 0.3) is 5.82 Å². The zero-order chi connectivity index (χ0) is 21.3. The van der Waals surface area contributed by atoms with Gasteiger partial charge >= 0.3 is 5.97 Å². The molecule has 0 saturated heterocycles. The molecule has 3 heterocycles. The Labute approximate surface area is 173 Å². The van der Waals surface area contributed by atoms with Crippen molar-refractivity contribution in [1.82, 2.24) is 20.1 Å². The van der Waals surface area contributed by atoms with Crippen molar-refractivity contribution in [3.63, 3.8) is 0 Å². The molecule has 1 aromatic carbocycles. The zero-order valence-corrected chi connectivity index (χ0v) is 16.7. The first-order valence-electron chi connectivity index (χ1n) is 9.58. The van der Waals surface area contributed by atoms with Crippen molar-refractivity contribution in [3.05, 3.63) is 75.7 Å². The van der Waals surface area contributed by atoms with Gasteiger partial charge in [-0.2, -0.15) is 10.4 Å². The number of esters is 1. The van der Waals surface area contributed by atoms with Gasteiger partial charge in [0, 0.05) is 31.0 Å². The summed E-state index contributed by atoms with van der Waals surface area (Å²) < 4.78 is 6.73. The fourth-order valence-corrected chi connectivity index (χ4v) is 3.54. The van der Waals surface area contributed by atoms with Gasteiger partial charge in [0.25, 0.3) is 0 Å². The molecule has 0 aliphatic carbocycles. The second-order valence-electron chi connectivity index (χ2n) is 7.25. The Balaban J connectivity index is 1.38. The van der Waals surface area contributed by atoms with Crippen LogP contribution in [0.3, 0.4) is 0 Å². The number of aryl methyl sites for hydroxylation is 1. The van der Waals surface area contributed by atoms with Crippen molar-refractivity contribution < 1.29 is 14.6 Å². The van der Waals surface area contributed by atoms with Crippen molar-refractivity contribution in [2.75, 3.05) is 6.54 Å². The SMILES string of the molecule is Cc1cc(-n2ccc(CNC[C@H](O)c3ccc4c(c3C)COC4=O)n2)ncc1C#N. The molecule has 0 amide bonds. The Kier molecular flexibility index (Phi) is 5.31. The fourth-order valence-electron chi connectivity index (χ4n) is 3.54. The summed E-state index contributed by atoms with van der Waals surface area (Å²) in [5.74, 6) is 0.332. The lowest BCUT2D eigenvalue weighted by Gasteiger charge is -2.16. The molecule has 1 aliphatic rings. The number of ether oxygens (including phenoxy) is 1. The van der Waals surface area contributed by atoms with Crippen LogP contribution in [0.5, 0.6) is 0 Å². The number of hydrogen-bond donors (Lipinski definition) is 2. The van der Waals surface area contributed by atoms with Gasteiger partial charge in [0.1, 0.15) is 12.7 Å². The monoisotopic (exact) mass is 403 g/mol. The van der Waals surface area contributed by atoms with Crippen molar-refractivity contribution in [1.29, 1.82) is 5.26 Å². The van der Waals surface area contributed by atoms with Gasteiger partial charge in [-0.1, -0.05) is 6.07 Å². The first kappa shape index (κ1) is 19.8. The number of nitriles is 1. The lowest BCUT2D eigenvalue weighted by Crippen LogP contribution is -2.22. The minimum Gasteiger partial charge on any atom is -0.457 e. The van der Waals surface area contributed by atoms with Crippen LogP contribution >= 0.6 is 0 Å². The second-order valence-corrected chi connectivity index (χ2v) is 7.25. The number of aromatic nitrogens is 3. The number of cyclic esters (lactones) is 1. The molecular weight excluding hydrogens is 382 g/mol. The summed E-state index contributed by atoms with van der Waals surface area (Å²) in [5, 5.41) is 27.3. The number of carbonyl (C=O) groups excluding carboxylic acids is 1. The molecule has 3 aromatic rings. The fraction of sp³-hybridized carbons (Fsp3) is 0.273. The highest BCUT2D eigenvalue weighted by atomic mass is 16.5. The van der Waals surface area contributed by atoms with E-state index in [1.54, 1.807) is 16.8 Å². The van der Waals surface area contributed by atoms with Gasteiger partial charge in [-0.05, 0) is 48.7 Å². The lowest BCUT2D eigenvalue weighted by molar-refractivity contribution is 0.0535. The van der Waals surface area contributed by atoms with E-state index in [4.69, 9.17) is 10.00 Å². The largest absolute Gasteiger partial charge is 0.457 e. The summed E-state index contributed by atoms with van der Waals surface area (Å²) in [5.41, 5.74) is 5.28. The van der Waals surface area contributed by atoms with E-state index in [2.05, 4.69) is 21.5 Å². The van der Waals surface area contributed by atoms with Crippen molar-refractivity contribution >= 4 is 5.97 Å². The molecule has 8 heteroatoms. The summed E-state index contributed by atoms with van der Waals surface area (Å²) >= 11 is 0. The van der Waals surface area contributed by atoms with Gasteiger partial charge in [-0.3, -0.25) is 0 Å². The third-order valence-electron chi connectivity index (χ3n) is 5.31. The van der Waals surface area contributed by atoms with Crippen LogP contribution in [0, 0.1) is 25.2 Å². The number of nitrogens with zero attached hydrogens (tertiary/aromatic N) is 4. The maximum Gasteiger partial charge on any atom is 0.338 e. The molecule has 0 radical (unpaired) electrons. The number of rotatable bonds is 6. The number of benzene rings is 1. The van der Waals surface area contributed by atoms with E-state index in [0.717, 1.165) is 27.9 Å². The molecule has 152 valence electrons. The predicted octanol–water partition coefficient (Wildman–Crippen LogP) is 2.25. The molecule has 0 saturated carbocycles. The molecule has 30 heavy (non-hydrogen) atoms. The number of pyridine rings is 1. The Hall–Kier alpha value is -3.54. The van der Waals surface area contributed by atoms with Gasteiger partial charge in [-0.15, -0.1) is 0 Å². The van der Waals surface area contributed by atoms with Gasteiger partial charge in [0.15, 0.2) is 5.82 Å². The van der Waals surface area contributed by atoms with Crippen molar-refractivity contribution in [3.8, 4) is 11.9 Å². The van der Waals surface area contributed by atoms with Crippen LogP contribution in [0.15, 0.2) is 36.7 Å². The normalized spacial score (nSPS) is 13.6. The Morgan fingerprint density at radius 3 is 2.97 bits per heavy atom. The Morgan fingerprint density at radius 1 is 1.37 bits per heavy atom. The highest BCUT2D eigenvalue weighted by molar-refractivity contribution is 5.93. The number of hydrogen-bond acceptors (Lipinski definition) is 7. The number of carbonyl (C=O) groups is 1. The number of aliphatic hydroxyl groups is 1. The van der Waals surface area contributed by atoms with Gasteiger partial charge in [0.2, 0.25) is 0 Å². The summed E-state index contributed by atoms with van der Waals surface area (Å²) in [6.07, 6.45) is 2.64. The predicted molar refractivity (Wildman–Crippen MR) is 108 cm³/mol. The molecule has 2 aromatic heterocycles. The number of nitrogens with one attached hydrogen (secondary N) is 1. The van der Waals surface area contributed by atoms with E-state index in [1.165, 1.54) is 6.20 Å². The van der Waals surface area contributed by atoms with E-state index < -0.39 is 6.10 Å². The summed E-state index contributed by atoms with van der Waals surface area (Å²) in [4.78, 5) is 15.9. The summed E-state index contributed by atoms with van der Waals surface area (Å²) in [7, 11) is 0. The van der Waals surface area contributed by atoms with Crippen LogP contribution in [-0.4, -0.2) is 32.4 Å². The smallest absolute Gasteiger partial charge is 0.338 e. The minimum absolute atomic E-state index is 0.258. The van der Waals surface area contributed by atoms with Crippen LogP contribution < -0.4 is 5.32 Å². The van der Waals surface area contributed by atoms with Crippen LogP contribution in [0.1, 0.15) is 50.0 Å². The van der Waals surface area contributed by atoms with E-state index >= 15 is 0 Å². The zero-order valence-electron chi connectivity index (χ0n) is 16.7. The van der Waals surface area contributed by atoms with Gasteiger partial charge in [-0.25, -0.2) is 14.5 Å². The summed E-state index contributed by atoms with van der Waals surface area (Å²) in [6, 6.07) is 9.28. The average Bonchev–Trinajstić information content (AvgIpc) is 3.36. The maximum absolute atomic E-state index is 11.7. The molecule has 0 bridgehead atoms. The van der Waals surface area contributed by atoms with Crippen molar-refractivity contribution in [2.24, 2.45) is 0 Å². The first-order valence-corrected chi connectivity index (χ1v) is 9.58. The molecular formula is C22H21N5O3. The third-order valence-corrected chi connectivity index (χ3v) is 5.31. The highest BCUT2D eigenvalue weighted by Crippen LogP contribution is 2.28. The molecule has 1 atom stereocenters. The quantitative estimate of drug-likeness (QED) is 0.607. The molecule has 0 fully saturated rings. The second kappa shape index (κ2) is 8.06. The average molecular weight is 403 g/mol. The molecule has 4 rings (SSSR count). The van der Waals surface area contributed by atoms with Gasteiger partial charge < -0.3 is 15.2 Å². The topological polar surface area (TPSA) is 113 Å². The van der Waals surface area contributed by atoms with Crippen LogP contribution in [-0.2, 0) is 17.9 Å². The summed E-state index contributed by atoms with van der Waals surface area (Å²) in [6.45, 7) is 4.84. The highest BCUT2D eigenvalue weighted by Gasteiger charge is 2.25. The first-order chi connectivity index (χ1) is 14.5. The molecule has 2 N–H and O–H groups in total. The van der Waals surface area contributed by atoms with Crippen molar-refractivity contribution in [2.45, 2.75) is 33.1 Å². The van der Waals surface area contributed by atoms with E-state index in [1.807, 2.05) is 32.2 Å². The van der Waals surface area contributed by atoms with E-state index in [0.29, 0.717) is 30.0 Å². The molecule has 0 spiro atoms. The molecule has 8 nitrogen and oxygen atoms in total. The van der Waals surface area contributed by atoms with Gasteiger partial charge in [0.05, 0.1) is 22.9 Å². The Bertz CT molecular complexity index is 1160. The van der Waals surface area contributed by atoms with E-state index in [9.17, 15) is 9.90 Å².